The average molecular weight is 354 g/mol. The SMILES string of the molecule is COC(=O)[C@H](CN(Cc1ccccc1)Cc1ccccc1)NC(C)(C)C. The number of ether oxygens (including phenoxy) is 1. The Morgan fingerprint density at radius 3 is 1.81 bits per heavy atom. The molecule has 0 aliphatic carbocycles. The smallest absolute Gasteiger partial charge is 0.324 e. The molecular weight excluding hydrogens is 324 g/mol. The van der Waals surface area contributed by atoms with E-state index in [9.17, 15) is 4.79 Å². The van der Waals surface area contributed by atoms with Crippen molar-refractivity contribution in [1.29, 1.82) is 0 Å². The van der Waals surface area contributed by atoms with E-state index in [1.54, 1.807) is 0 Å². The number of nitrogens with zero attached hydrogens (tertiary/aromatic N) is 1. The fourth-order valence-electron chi connectivity index (χ4n) is 2.97. The van der Waals surface area contributed by atoms with Crippen LogP contribution >= 0.6 is 0 Å². The zero-order chi connectivity index (χ0) is 19.0. The molecule has 4 heteroatoms. The van der Waals surface area contributed by atoms with Crippen LogP contribution in [-0.2, 0) is 22.6 Å². The summed E-state index contributed by atoms with van der Waals surface area (Å²) in [5, 5.41) is 3.39. The monoisotopic (exact) mass is 354 g/mol. The number of methoxy groups -OCH3 is 1. The Morgan fingerprint density at radius 2 is 1.42 bits per heavy atom. The second-order valence-corrected chi connectivity index (χ2v) is 7.61. The highest BCUT2D eigenvalue weighted by molar-refractivity contribution is 5.76. The van der Waals surface area contributed by atoms with E-state index in [1.807, 2.05) is 36.4 Å². The van der Waals surface area contributed by atoms with Gasteiger partial charge >= 0.3 is 5.97 Å². The lowest BCUT2D eigenvalue weighted by atomic mass is 10.1. The van der Waals surface area contributed by atoms with E-state index in [4.69, 9.17) is 4.74 Å². The summed E-state index contributed by atoms with van der Waals surface area (Å²) in [7, 11) is 1.44. The largest absolute Gasteiger partial charge is 0.468 e. The third kappa shape index (κ3) is 6.98. The van der Waals surface area contributed by atoms with Gasteiger partial charge in [-0.1, -0.05) is 60.7 Å². The molecule has 1 atom stereocenters. The summed E-state index contributed by atoms with van der Waals surface area (Å²) < 4.78 is 5.03. The van der Waals surface area contributed by atoms with Crippen LogP contribution in [0.25, 0.3) is 0 Å². The lowest BCUT2D eigenvalue weighted by Gasteiger charge is -2.31. The Morgan fingerprint density at radius 1 is 0.962 bits per heavy atom. The van der Waals surface area contributed by atoms with E-state index in [-0.39, 0.29) is 17.6 Å². The molecule has 0 heterocycles. The van der Waals surface area contributed by atoms with Crippen LogP contribution in [0, 0.1) is 0 Å². The summed E-state index contributed by atoms with van der Waals surface area (Å²) in [6.07, 6.45) is 0. The van der Waals surface area contributed by atoms with Gasteiger partial charge < -0.3 is 4.74 Å². The van der Waals surface area contributed by atoms with Crippen molar-refractivity contribution in [2.24, 2.45) is 0 Å². The van der Waals surface area contributed by atoms with Crippen LogP contribution < -0.4 is 5.32 Å². The van der Waals surface area contributed by atoms with Gasteiger partial charge in [0.2, 0.25) is 0 Å². The molecule has 26 heavy (non-hydrogen) atoms. The summed E-state index contributed by atoms with van der Waals surface area (Å²) in [5.74, 6) is -0.231. The molecule has 2 aromatic carbocycles. The Hall–Kier alpha value is -2.17. The average Bonchev–Trinajstić information content (AvgIpc) is 2.61. The van der Waals surface area contributed by atoms with Crippen LogP contribution in [0.2, 0.25) is 0 Å². The van der Waals surface area contributed by atoms with Gasteiger partial charge in [-0.15, -0.1) is 0 Å². The Bertz CT molecular complexity index is 624. The number of esters is 1. The maximum absolute atomic E-state index is 12.3. The maximum Gasteiger partial charge on any atom is 0.324 e. The van der Waals surface area contributed by atoms with Crippen molar-refractivity contribution in [1.82, 2.24) is 10.2 Å². The lowest BCUT2D eigenvalue weighted by Crippen LogP contribution is -2.53. The van der Waals surface area contributed by atoms with Gasteiger partial charge in [-0.3, -0.25) is 15.0 Å². The van der Waals surface area contributed by atoms with E-state index < -0.39 is 0 Å². The van der Waals surface area contributed by atoms with Crippen LogP contribution in [0.4, 0.5) is 0 Å². The molecule has 1 N–H and O–H groups in total. The summed E-state index contributed by atoms with van der Waals surface area (Å²) in [5.41, 5.74) is 2.27. The number of carbonyl (C=O) groups is 1. The number of hydrogen-bond donors (Lipinski definition) is 1. The first-order valence-corrected chi connectivity index (χ1v) is 9.03. The number of rotatable bonds is 8. The molecule has 0 saturated carbocycles. The number of hydrogen-bond acceptors (Lipinski definition) is 4. The third-order valence-electron chi connectivity index (χ3n) is 4.03. The molecule has 0 radical (unpaired) electrons. The topological polar surface area (TPSA) is 41.6 Å². The zero-order valence-corrected chi connectivity index (χ0v) is 16.2. The first kappa shape index (κ1) is 20.1. The summed E-state index contributed by atoms with van der Waals surface area (Å²) in [6, 6.07) is 20.3. The molecule has 4 nitrogen and oxygen atoms in total. The van der Waals surface area contributed by atoms with Gasteiger partial charge in [-0.05, 0) is 31.9 Å². The molecule has 140 valence electrons. The minimum atomic E-state index is -0.382. The summed E-state index contributed by atoms with van der Waals surface area (Å²) in [4.78, 5) is 14.6. The fourth-order valence-corrected chi connectivity index (χ4v) is 2.97. The van der Waals surface area contributed by atoms with Gasteiger partial charge in [-0.2, -0.15) is 0 Å². The molecule has 2 rings (SSSR count). The van der Waals surface area contributed by atoms with Gasteiger partial charge in [-0.25, -0.2) is 0 Å². The summed E-state index contributed by atoms with van der Waals surface area (Å²) in [6.45, 7) is 8.29. The molecular formula is C22H30N2O2. The van der Waals surface area contributed by atoms with Crippen LogP contribution in [0.3, 0.4) is 0 Å². The lowest BCUT2D eigenvalue weighted by molar-refractivity contribution is -0.144. The molecule has 0 unspecified atom stereocenters. The van der Waals surface area contributed by atoms with Gasteiger partial charge in [0.15, 0.2) is 0 Å². The van der Waals surface area contributed by atoms with E-state index in [0.29, 0.717) is 6.54 Å². The number of nitrogens with one attached hydrogen (secondary N) is 1. The zero-order valence-electron chi connectivity index (χ0n) is 16.2. The minimum absolute atomic E-state index is 0.177. The first-order valence-electron chi connectivity index (χ1n) is 9.03. The molecule has 0 aliphatic heterocycles. The minimum Gasteiger partial charge on any atom is -0.468 e. The quantitative estimate of drug-likeness (QED) is 0.735. The molecule has 0 saturated heterocycles. The highest BCUT2D eigenvalue weighted by Crippen LogP contribution is 2.12. The molecule has 0 spiro atoms. The van der Waals surface area contributed by atoms with E-state index in [1.165, 1.54) is 18.2 Å². The predicted molar refractivity (Wildman–Crippen MR) is 106 cm³/mol. The van der Waals surface area contributed by atoms with Crippen molar-refractivity contribution < 1.29 is 9.53 Å². The van der Waals surface area contributed by atoms with Crippen molar-refractivity contribution in [3.05, 3.63) is 71.8 Å². The van der Waals surface area contributed by atoms with Crippen molar-refractivity contribution in [3.8, 4) is 0 Å². The molecule has 0 aliphatic rings. The first-order chi connectivity index (χ1) is 12.4. The Kier molecular flexibility index (Phi) is 7.37. The number of carbonyl (C=O) groups excluding carboxylic acids is 1. The van der Waals surface area contributed by atoms with Gasteiger partial charge in [0.05, 0.1) is 7.11 Å². The van der Waals surface area contributed by atoms with Crippen molar-refractivity contribution >= 4 is 5.97 Å². The van der Waals surface area contributed by atoms with Crippen LogP contribution in [0.1, 0.15) is 31.9 Å². The second-order valence-electron chi connectivity index (χ2n) is 7.61. The molecule has 0 bridgehead atoms. The predicted octanol–water partition coefficient (Wildman–Crippen LogP) is 3.62. The van der Waals surface area contributed by atoms with Gasteiger partial charge in [0, 0.05) is 25.2 Å². The third-order valence-corrected chi connectivity index (χ3v) is 4.03. The highest BCUT2D eigenvalue weighted by Gasteiger charge is 2.26. The number of benzene rings is 2. The molecule has 0 amide bonds. The fraction of sp³-hybridized carbons (Fsp3) is 0.409. The molecule has 2 aromatic rings. The van der Waals surface area contributed by atoms with Gasteiger partial charge in [0.25, 0.3) is 0 Å². The van der Waals surface area contributed by atoms with Crippen LogP contribution in [0.15, 0.2) is 60.7 Å². The van der Waals surface area contributed by atoms with E-state index >= 15 is 0 Å². The Balaban J connectivity index is 2.18. The van der Waals surface area contributed by atoms with E-state index in [2.05, 4.69) is 55.3 Å². The Labute approximate surface area is 157 Å². The summed E-state index contributed by atoms with van der Waals surface area (Å²) >= 11 is 0. The van der Waals surface area contributed by atoms with Crippen molar-refractivity contribution in [2.75, 3.05) is 13.7 Å². The maximum atomic E-state index is 12.3. The normalized spacial score (nSPS) is 12.8. The van der Waals surface area contributed by atoms with Gasteiger partial charge in [0.1, 0.15) is 6.04 Å². The molecule has 0 aromatic heterocycles. The molecule has 0 fully saturated rings. The van der Waals surface area contributed by atoms with E-state index in [0.717, 1.165) is 13.1 Å². The van der Waals surface area contributed by atoms with Crippen LogP contribution in [-0.4, -0.2) is 36.1 Å². The second kappa shape index (κ2) is 9.51. The highest BCUT2D eigenvalue weighted by atomic mass is 16.5. The van der Waals surface area contributed by atoms with Crippen LogP contribution in [0.5, 0.6) is 0 Å². The standard InChI is InChI=1S/C22H30N2O2/c1-22(2,3)23-20(21(25)26-4)17-24(15-18-11-7-5-8-12-18)16-19-13-9-6-10-14-19/h5-14,20,23H,15-17H2,1-4H3/t20-/m0/s1. The van der Waals surface area contributed by atoms with Crippen molar-refractivity contribution in [3.63, 3.8) is 0 Å². The van der Waals surface area contributed by atoms with Crippen molar-refractivity contribution in [2.45, 2.75) is 45.4 Å².